The minimum atomic E-state index is -4.69. The fourth-order valence-corrected chi connectivity index (χ4v) is 2.50. The number of hydrogen-bond donors (Lipinski definition) is 2. The predicted molar refractivity (Wildman–Crippen MR) is 89.9 cm³/mol. The summed E-state index contributed by atoms with van der Waals surface area (Å²) in [5, 5.41) is 8.67. The molecule has 0 aliphatic heterocycles. The Labute approximate surface area is 153 Å². The summed E-state index contributed by atoms with van der Waals surface area (Å²) in [4.78, 5) is 31.5. The minimum absolute atomic E-state index is 0.146. The third-order valence-corrected chi connectivity index (χ3v) is 3.96. The lowest BCUT2D eigenvalue weighted by Gasteiger charge is -2.15. The Morgan fingerprint density at radius 2 is 1.89 bits per heavy atom. The van der Waals surface area contributed by atoms with Gasteiger partial charge in [0.05, 0.1) is 6.42 Å². The molecule has 27 heavy (non-hydrogen) atoms. The summed E-state index contributed by atoms with van der Waals surface area (Å²) in [6.07, 6.45) is -4.06. The number of aromatic nitrogens is 4. The molecule has 0 bridgehead atoms. The van der Waals surface area contributed by atoms with Crippen LogP contribution in [0.25, 0.3) is 5.78 Å². The zero-order valence-corrected chi connectivity index (χ0v) is 15.4. The molecule has 2 N–H and O–H groups in total. The minimum Gasteiger partial charge on any atom is -0.354 e. The maximum absolute atomic E-state index is 12.8. The number of amides is 2. The Morgan fingerprint density at radius 1 is 1.22 bits per heavy atom. The van der Waals surface area contributed by atoms with Crippen LogP contribution < -0.4 is 10.6 Å². The molecule has 0 saturated carbocycles. The van der Waals surface area contributed by atoms with E-state index in [9.17, 15) is 22.8 Å². The zero-order chi connectivity index (χ0) is 20.4. The third kappa shape index (κ3) is 4.72. The first-order valence-electron chi connectivity index (χ1n) is 8.41. The number of hydrogen-bond acceptors (Lipinski definition) is 5. The van der Waals surface area contributed by atoms with Gasteiger partial charge < -0.3 is 10.6 Å². The second-order valence-corrected chi connectivity index (χ2v) is 6.16. The van der Waals surface area contributed by atoms with E-state index < -0.39 is 23.9 Å². The predicted octanol–water partition coefficient (Wildman–Crippen LogP) is 1.33. The molecule has 0 fully saturated rings. The van der Waals surface area contributed by atoms with Crippen LogP contribution in [-0.4, -0.2) is 44.0 Å². The van der Waals surface area contributed by atoms with Crippen LogP contribution in [0.2, 0.25) is 0 Å². The molecule has 148 valence electrons. The second kappa shape index (κ2) is 7.89. The summed E-state index contributed by atoms with van der Waals surface area (Å²) >= 11 is 0. The number of fused-ring (bicyclic) bond motifs is 1. The van der Waals surface area contributed by atoms with Gasteiger partial charge in [-0.15, -0.1) is 5.10 Å². The molecule has 1 unspecified atom stereocenters. The first-order valence-corrected chi connectivity index (χ1v) is 8.41. The highest BCUT2D eigenvalue weighted by Gasteiger charge is 2.37. The third-order valence-electron chi connectivity index (χ3n) is 3.96. The zero-order valence-electron chi connectivity index (χ0n) is 15.4. The van der Waals surface area contributed by atoms with Gasteiger partial charge in [0.1, 0.15) is 6.04 Å². The Kier molecular flexibility index (Phi) is 6.01. The summed E-state index contributed by atoms with van der Waals surface area (Å²) < 4.78 is 39.4. The Balaban J connectivity index is 2.20. The van der Waals surface area contributed by atoms with Crippen molar-refractivity contribution in [2.24, 2.45) is 0 Å². The van der Waals surface area contributed by atoms with E-state index in [0.29, 0.717) is 23.5 Å². The molecule has 0 radical (unpaired) electrons. The average Bonchev–Trinajstić information content (AvgIpc) is 3.00. The van der Waals surface area contributed by atoms with E-state index in [-0.39, 0.29) is 18.1 Å². The molecule has 2 amide bonds. The molecule has 0 aromatic carbocycles. The molecular weight excluding hydrogens is 365 g/mol. The van der Waals surface area contributed by atoms with E-state index in [0.717, 1.165) is 10.9 Å². The molecule has 0 aliphatic carbocycles. The lowest BCUT2D eigenvalue weighted by atomic mass is 10.1. The highest BCUT2D eigenvalue weighted by Crippen LogP contribution is 2.27. The summed E-state index contributed by atoms with van der Waals surface area (Å²) in [6, 6.07) is -0.732. The molecule has 2 aromatic rings. The van der Waals surface area contributed by atoms with Gasteiger partial charge in [-0.2, -0.15) is 18.2 Å². The van der Waals surface area contributed by atoms with Crippen molar-refractivity contribution in [3.8, 4) is 0 Å². The van der Waals surface area contributed by atoms with Crippen molar-refractivity contribution in [1.82, 2.24) is 30.2 Å². The molecular formula is C16H21F3N6O2. The Morgan fingerprint density at radius 3 is 2.48 bits per heavy atom. The number of carbonyl (C=O) groups is 2. The van der Waals surface area contributed by atoms with Gasteiger partial charge in [0.25, 0.3) is 11.6 Å². The van der Waals surface area contributed by atoms with E-state index >= 15 is 0 Å². The number of nitrogens with zero attached hydrogens (tertiary/aromatic N) is 4. The van der Waals surface area contributed by atoms with Crippen LogP contribution in [0.4, 0.5) is 13.2 Å². The van der Waals surface area contributed by atoms with Crippen molar-refractivity contribution in [2.75, 3.05) is 6.54 Å². The van der Waals surface area contributed by atoms with Gasteiger partial charge in [-0.1, -0.05) is 6.92 Å². The van der Waals surface area contributed by atoms with Gasteiger partial charge in [-0.05, 0) is 27.2 Å². The molecule has 0 saturated heterocycles. The number of halogens is 3. The van der Waals surface area contributed by atoms with E-state index in [1.807, 2.05) is 6.92 Å². The van der Waals surface area contributed by atoms with Crippen LogP contribution in [0.5, 0.6) is 0 Å². The SMILES string of the molecule is CCCNC(=O)C(C)NC(=O)Cc1c(C)nc2nc(C(F)(F)F)nn2c1C. The molecule has 0 spiro atoms. The number of rotatable bonds is 6. The lowest BCUT2D eigenvalue weighted by molar-refractivity contribution is -0.144. The first kappa shape index (κ1) is 20.6. The van der Waals surface area contributed by atoms with E-state index in [1.54, 1.807) is 13.8 Å². The van der Waals surface area contributed by atoms with Gasteiger partial charge >= 0.3 is 6.18 Å². The summed E-state index contributed by atoms with van der Waals surface area (Å²) in [5.74, 6) is -2.23. The normalized spacial score (nSPS) is 12.9. The molecule has 2 rings (SSSR count). The van der Waals surface area contributed by atoms with Crippen LogP contribution in [0.3, 0.4) is 0 Å². The Hall–Kier alpha value is -2.72. The van der Waals surface area contributed by atoms with E-state index in [4.69, 9.17) is 0 Å². The van der Waals surface area contributed by atoms with Gasteiger partial charge in [-0.3, -0.25) is 9.59 Å². The van der Waals surface area contributed by atoms with Crippen LogP contribution in [-0.2, 0) is 22.2 Å². The number of aryl methyl sites for hydroxylation is 2. The standard InChI is InChI=1S/C16H21F3N6O2/c1-5-6-20-13(27)9(3)21-12(26)7-11-8(2)22-15-23-14(16(17,18)19)24-25(15)10(11)4/h9H,5-7H2,1-4H3,(H,20,27)(H,21,26). The summed E-state index contributed by atoms with van der Waals surface area (Å²) in [6.45, 7) is 7.08. The molecule has 8 nitrogen and oxygen atoms in total. The topological polar surface area (TPSA) is 101 Å². The number of alkyl halides is 3. The number of nitrogens with one attached hydrogen (secondary N) is 2. The highest BCUT2D eigenvalue weighted by atomic mass is 19.4. The van der Waals surface area contributed by atoms with E-state index in [2.05, 4.69) is 25.7 Å². The van der Waals surface area contributed by atoms with Crippen LogP contribution >= 0.6 is 0 Å². The van der Waals surface area contributed by atoms with Crippen molar-refractivity contribution in [1.29, 1.82) is 0 Å². The maximum Gasteiger partial charge on any atom is 0.453 e. The molecule has 0 aliphatic rings. The Bertz CT molecular complexity index is 862. The van der Waals surface area contributed by atoms with Gasteiger partial charge in [-0.25, -0.2) is 9.50 Å². The fraction of sp³-hybridized carbons (Fsp3) is 0.562. The van der Waals surface area contributed by atoms with Gasteiger partial charge in [0, 0.05) is 23.5 Å². The van der Waals surface area contributed by atoms with Crippen molar-refractivity contribution in [3.05, 3.63) is 22.8 Å². The smallest absolute Gasteiger partial charge is 0.354 e. The van der Waals surface area contributed by atoms with Gasteiger partial charge in [0.2, 0.25) is 11.8 Å². The highest BCUT2D eigenvalue weighted by molar-refractivity contribution is 5.88. The molecule has 2 heterocycles. The summed E-state index contributed by atoms with van der Waals surface area (Å²) in [7, 11) is 0. The van der Waals surface area contributed by atoms with Crippen LogP contribution in [0, 0.1) is 13.8 Å². The largest absolute Gasteiger partial charge is 0.453 e. The van der Waals surface area contributed by atoms with Crippen molar-refractivity contribution in [3.63, 3.8) is 0 Å². The van der Waals surface area contributed by atoms with Crippen molar-refractivity contribution < 1.29 is 22.8 Å². The molecule has 11 heteroatoms. The monoisotopic (exact) mass is 386 g/mol. The lowest BCUT2D eigenvalue weighted by Crippen LogP contribution is -2.45. The fourth-order valence-electron chi connectivity index (χ4n) is 2.50. The first-order chi connectivity index (χ1) is 12.5. The summed E-state index contributed by atoms with van der Waals surface area (Å²) in [5.41, 5.74) is 1.14. The quantitative estimate of drug-likeness (QED) is 0.780. The van der Waals surface area contributed by atoms with Crippen molar-refractivity contribution in [2.45, 2.75) is 52.8 Å². The molecule has 1 atom stereocenters. The number of carbonyl (C=O) groups excluding carboxylic acids is 2. The van der Waals surface area contributed by atoms with Crippen LogP contribution in [0.15, 0.2) is 0 Å². The maximum atomic E-state index is 12.8. The second-order valence-electron chi connectivity index (χ2n) is 6.16. The molecule has 2 aromatic heterocycles. The average molecular weight is 386 g/mol. The van der Waals surface area contributed by atoms with Gasteiger partial charge in [0.15, 0.2) is 0 Å². The van der Waals surface area contributed by atoms with E-state index in [1.165, 1.54) is 6.92 Å². The van der Waals surface area contributed by atoms with Crippen molar-refractivity contribution >= 4 is 17.6 Å². The van der Waals surface area contributed by atoms with Crippen LogP contribution in [0.1, 0.15) is 43.0 Å².